The fourth-order valence-electron chi connectivity index (χ4n) is 4.24. The van der Waals surface area contributed by atoms with Crippen molar-refractivity contribution >= 4 is 41.2 Å². The number of hydrogen-bond donors (Lipinski definition) is 1. The topological polar surface area (TPSA) is 84.9 Å². The maximum Gasteiger partial charge on any atom is 0.335 e. The Morgan fingerprint density at radius 3 is 2.32 bits per heavy atom. The maximum atomic E-state index is 13.3. The normalized spacial score (nSPS) is 14.7. The molecule has 3 aromatic rings. The van der Waals surface area contributed by atoms with Gasteiger partial charge < -0.3 is 9.47 Å². The van der Waals surface area contributed by atoms with E-state index in [1.807, 2.05) is 32.9 Å². The van der Waals surface area contributed by atoms with E-state index < -0.39 is 17.8 Å². The Bertz CT molecular complexity index is 1410. The summed E-state index contributed by atoms with van der Waals surface area (Å²) in [6.07, 6.45) is 1.39. The third-order valence-corrected chi connectivity index (χ3v) is 6.05. The van der Waals surface area contributed by atoms with E-state index in [0.717, 1.165) is 21.6 Å². The van der Waals surface area contributed by atoms with Gasteiger partial charge in [0.2, 0.25) is 0 Å². The molecule has 37 heavy (non-hydrogen) atoms. The summed E-state index contributed by atoms with van der Waals surface area (Å²) in [5.41, 5.74) is 4.61. The number of halogens is 1. The zero-order valence-electron chi connectivity index (χ0n) is 21.1. The lowest BCUT2D eigenvalue weighted by Gasteiger charge is -2.27. The molecule has 190 valence electrons. The third kappa shape index (κ3) is 5.67. The first-order valence-corrected chi connectivity index (χ1v) is 12.2. The second kappa shape index (κ2) is 10.9. The number of nitrogens with one attached hydrogen (secondary N) is 1. The van der Waals surface area contributed by atoms with E-state index >= 15 is 0 Å². The molecule has 0 unspecified atom stereocenters. The van der Waals surface area contributed by atoms with Gasteiger partial charge in [-0.2, -0.15) is 0 Å². The lowest BCUT2D eigenvalue weighted by atomic mass is 10.1. The number of imide groups is 2. The van der Waals surface area contributed by atoms with Gasteiger partial charge in [-0.3, -0.25) is 14.9 Å². The minimum atomic E-state index is -0.801. The molecule has 8 heteroatoms. The fraction of sp³-hybridized carbons (Fsp3) is 0.207. The molecule has 0 bridgehead atoms. The first-order valence-electron chi connectivity index (χ1n) is 11.8. The van der Waals surface area contributed by atoms with Crippen LogP contribution in [-0.4, -0.2) is 24.5 Å². The van der Waals surface area contributed by atoms with Crippen molar-refractivity contribution < 1.29 is 23.9 Å². The van der Waals surface area contributed by atoms with Crippen molar-refractivity contribution in [2.45, 2.75) is 34.3 Å². The van der Waals surface area contributed by atoms with Gasteiger partial charge >= 0.3 is 6.03 Å². The Morgan fingerprint density at radius 2 is 1.65 bits per heavy atom. The Labute approximate surface area is 220 Å². The molecule has 0 aromatic heterocycles. The number of amides is 4. The molecule has 1 heterocycles. The fourth-order valence-corrected chi connectivity index (χ4v) is 4.51. The number of barbiturate groups is 1. The largest absolute Gasteiger partial charge is 0.490 e. The van der Waals surface area contributed by atoms with Gasteiger partial charge in [-0.25, -0.2) is 9.69 Å². The van der Waals surface area contributed by atoms with E-state index in [1.165, 1.54) is 6.08 Å². The highest BCUT2D eigenvalue weighted by Crippen LogP contribution is 2.38. The quantitative estimate of drug-likeness (QED) is 0.310. The molecule has 1 N–H and O–H groups in total. The summed E-state index contributed by atoms with van der Waals surface area (Å²) in [5, 5.41) is 2.50. The molecule has 3 aromatic carbocycles. The molecule has 0 spiro atoms. The van der Waals surface area contributed by atoms with Gasteiger partial charge in [0.05, 0.1) is 17.3 Å². The minimum absolute atomic E-state index is 0.203. The van der Waals surface area contributed by atoms with E-state index in [0.29, 0.717) is 34.9 Å². The number of benzene rings is 3. The average molecular weight is 519 g/mol. The Balaban J connectivity index is 1.67. The number of nitrogens with zero attached hydrogens (tertiary/aromatic N) is 1. The number of anilines is 1. The molecule has 4 amide bonds. The van der Waals surface area contributed by atoms with Crippen molar-refractivity contribution in [1.82, 2.24) is 5.32 Å². The highest BCUT2D eigenvalue weighted by atomic mass is 35.5. The SMILES string of the molecule is CCOc1cc(/C=C2\C(=O)NC(=O)N(c3ccccc3C)C2=O)cc(Cl)c1OCc1cc(C)cc(C)c1. The summed E-state index contributed by atoms with van der Waals surface area (Å²) in [6, 6.07) is 15.5. The number of rotatable bonds is 7. The van der Waals surface area contributed by atoms with E-state index in [-0.39, 0.29) is 17.2 Å². The highest BCUT2D eigenvalue weighted by Gasteiger charge is 2.37. The second-order valence-electron chi connectivity index (χ2n) is 8.79. The predicted octanol–water partition coefficient (Wildman–Crippen LogP) is 5.91. The number of carbonyl (C=O) groups excluding carboxylic acids is 3. The lowest BCUT2D eigenvalue weighted by molar-refractivity contribution is -0.122. The molecule has 0 atom stereocenters. The minimum Gasteiger partial charge on any atom is -0.490 e. The first kappa shape index (κ1) is 26.0. The van der Waals surface area contributed by atoms with Crippen molar-refractivity contribution in [3.8, 4) is 11.5 Å². The van der Waals surface area contributed by atoms with Crippen LogP contribution in [0, 0.1) is 20.8 Å². The van der Waals surface area contributed by atoms with Crippen LogP contribution in [0.4, 0.5) is 10.5 Å². The smallest absolute Gasteiger partial charge is 0.335 e. The molecular formula is C29H27ClN2O5. The van der Waals surface area contributed by atoms with Crippen molar-refractivity contribution in [2.24, 2.45) is 0 Å². The lowest BCUT2D eigenvalue weighted by Crippen LogP contribution is -2.54. The number of urea groups is 1. The third-order valence-electron chi connectivity index (χ3n) is 5.77. The molecule has 0 aliphatic carbocycles. The second-order valence-corrected chi connectivity index (χ2v) is 9.20. The van der Waals surface area contributed by atoms with Crippen LogP contribution >= 0.6 is 11.6 Å². The van der Waals surface area contributed by atoms with Crippen LogP contribution < -0.4 is 19.7 Å². The molecule has 4 rings (SSSR count). The summed E-state index contributed by atoms with van der Waals surface area (Å²) in [6.45, 7) is 8.29. The summed E-state index contributed by atoms with van der Waals surface area (Å²) in [5.74, 6) is -0.779. The molecule has 0 saturated carbocycles. The molecular weight excluding hydrogens is 492 g/mol. The number of ether oxygens (including phenoxy) is 2. The summed E-state index contributed by atoms with van der Waals surface area (Å²) in [7, 11) is 0. The molecule has 1 aliphatic heterocycles. The van der Waals surface area contributed by atoms with E-state index in [2.05, 4.69) is 11.4 Å². The van der Waals surface area contributed by atoms with E-state index in [4.69, 9.17) is 21.1 Å². The number of para-hydroxylation sites is 1. The van der Waals surface area contributed by atoms with E-state index in [9.17, 15) is 14.4 Å². The molecule has 7 nitrogen and oxygen atoms in total. The Hall–Kier alpha value is -4.10. The molecule has 1 aliphatic rings. The van der Waals surface area contributed by atoms with Gasteiger partial charge in [-0.15, -0.1) is 0 Å². The monoisotopic (exact) mass is 518 g/mol. The summed E-state index contributed by atoms with van der Waals surface area (Å²) in [4.78, 5) is 39.4. The number of hydrogen-bond acceptors (Lipinski definition) is 5. The Kier molecular flexibility index (Phi) is 7.64. The van der Waals surface area contributed by atoms with Crippen LogP contribution in [-0.2, 0) is 16.2 Å². The summed E-state index contributed by atoms with van der Waals surface area (Å²) < 4.78 is 11.8. The molecule has 1 saturated heterocycles. The van der Waals surface area contributed by atoms with Gasteiger partial charge in [-0.05, 0) is 68.7 Å². The van der Waals surface area contributed by atoms with Gasteiger partial charge in [0.25, 0.3) is 11.8 Å². The van der Waals surface area contributed by atoms with Crippen molar-refractivity contribution in [1.29, 1.82) is 0 Å². The van der Waals surface area contributed by atoms with Gasteiger partial charge in [0.15, 0.2) is 11.5 Å². The van der Waals surface area contributed by atoms with Crippen LogP contribution in [0.5, 0.6) is 11.5 Å². The molecule has 1 fully saturated rings. The van der Waals surface area contributed by atoms with Gasteiger partial charge in [0, 0.05) is 0 Å². The van der Waals surface area contributed by atoms with Gasteiger partial charge in [-0.1, -0.05) is 59.1 Å². The van der Waals surface area contributed by atoms with Crippen LogP contribution in [0.3, 0.4) is 0 Å². The Morgan fingerprint density at radius 1 is 0.946 bits per heavy atom. The van der Waals surface area contributed by atoms with Crippen LogP contribution in [0.1, 0.15) is 34.7 Å². The zero-order chi connectivity index (χ0) is 26.7. The zero-order valence-corrected chi connectivity index (χ0v) is 21.8. The standard InChI is InChI=1S/C29H27ClN2O5/c1-5-36-25-15-20(14-23(30)26(25)37-16-21-11-17(2)10-18(3)12-21)13-22-27(33)31-29(35)32(28(22)34)24-9-7-6-8-19(24)4/h6-15H,5,16H2,1-4H3,(H,31,33,35)/b22-13+. The van der Waals surface area contributed by atoms with Crippen molar-refractivity contribution in [2.75, 3.05) is 11.5 Å². The average Bonchev–Trinajstić information content (AvgIpc) is 2.82. The van der Waals surface area contributed by atoms with Gasteiger partial charge in [0.1, 0.15) is 12.2 Å². The van der Waals surface area contributed by atoms with Crippen LogP contribution in [0.15, 0.2) is 60.2 Å². The van der Waals surface area contributed by atoms with Crippen molar-refractivity contribution in [3.05, 3.63) is 93.0 Å². The summed E-state index contributed by atoms with van der Waals surface area (Å²) >= 11 is 6.57. The first-order chi connectivity index (χ1) is 17.7. The number of aryl methyl sites for hydroxylation is 3. The van der Waals surface area contributed by atoms with Crippen LogP contribution in [0.25, 0.3) is 6.08 Å². The van der Waals surface area contributed by atoms with Crippen LogP contribution in [0.2, 0.25) is 5.02 Å². The van der Waals surface area contributed by atoms with E-state index in [1.54, 1.807) is 43.3 Å². The highest BCUT2D eigenvalue weighted by molar-refractivity contribution is 6.39. The van der Waals surface area contributed by atoms with Crippen molar-refractivity contribution in [3.63, 3.8) is 0 Å². The maximum absolute atomic E-state index is 13.3. The molecule has 0 radical (unpaired) electrons. The predicted molar refractivity (Wildman–Crippen MR) is 143 cm³/mol. The number of carbonyl (C=O) groups is 3.